The maximum absolute atomic E-state index is 9.58. The van der Waals surface area contributed by atoms with E-state index in [1.54, 1.807) is 0 Å². The summed E-state index contributed by atoms with van der Waals surface area (Å²) in [6.45, 7) is 8.36. The summed E-state index contributed by atoms with van der Waals surface area (Å²) < 4.78 is 22.2. The first kappa shape index (κ1) is 19.8. The monoisotopic (exact) mass is 320 g/mol. The maximum atomic E-state index is 9.58. The Bertz CT molecular complexity index is 284. The van der Waals surface area contributed by atoms with Gasteiger partial charge in [0.05, 0.1) is 24.4 Å². The Morgan fingerprint density at radius 3 is 2.27 bits per heavy atom. The smallest absolute Gasteiger partial charge is 0.156 e. The van der Waals surface area contributed by atoms with Crippen LogP contribution in [0.25, 0.3) is 0 Å². The van der Waals surface area contributed by atoms with Crippen molar-refractivity contribution in [3.8, 4) is 0 Å². The predicted molar refractivity (Wildman–Crippen MR) is 82.1 cm³/mol. The van der Waals surface area contributed by atoms with Crippen LogP contribution in [0.5, 0.6) is 0 Å². The van der Waals surface area contributed by atoms with Crippen LogP contribution in [-0.4, -0.2) is 54.5 Å². The van der Waals surface area contributed by atoms with Crippen molar-refractivity contribution in [2.75, 3.05) is 13.6 Å². The minimum absolute atomic E-state index is 0.0270. The summed E-state index contributed by atoms with van der Waals surface area (Å²) in [5.41, 5.74) is 0. The zero-order chi connectivity index (χ0) is 16.5. The van der Waals surface area contributed by atoms with Crippen LogP contribution in [0.1, 0.15) is 53.4 Å². The van der Waals surface area contributed by atoms with Gasteiger partial charge in [-0.15, -0.1) is 0 Å². The van der Waals surface area contributed by atoms with Crippen molar-refractivity contribution in [3.63, 3.8) is 0 Å². The minimum Gasteiger partial charge on any atom is -0.368 e. The summed E-state index contributed by atoms with van der Waals surface area (Å²) in [4.78, 5) is 0. The molecule has 4 unspecified atom stereocenters. The molecule has 4 atom stereocenters. The molecule has 0 aromatic heterocycles. The molecule has 0 radical (unpaired) electrons. The highest BCUT2D eigenvalue weighted by Crippen LogP contribution is 2.31. The summed E-state index contributed by atoms with van der Waals surface area (Å²) in [7, 11) is 0. The Hall–Kier alpha value is -0.240. The summed E-state index contributed by atoms with van der Waals surface area (Å²) in [5, 5.41) is 19.2. The van der Waals surface area contributed by atoms with Gasteiger partial charge in [0.2, 0.25) is 0 Å². The summed E-state index contributed by atoms with van der Waals surface area (Å²) in [5.74, 6) is -0.363. The van der Waals surface area contributed by atoms with E-state index in [2.05, 4.69) is 0 Å². The van der Waals surface area contributed by atoms with Crippen molar-refractivity contribution in [1.29, 1.82) is 0 Å². The molecule has 0 aromatic rings. The van der Waals surface area contributed by atoms with Crippen LogP contribution in [-0.2, 0) is 18.9 Å². The molecule has 0 bridgehead atoms. The van der Waals surface area contributed by atoms with E-state index >= 15 is 0 Å². The lowest BCUT2D eigenvalue weighted by molar-refractivity contribution is -0.203. The van der Waals surface area contributed by atoms with Crippen molar-refractivity contribution < 1.29 is 29.2 Å². The predicted octanol–water partition coefficient (Wildman–Crippen LogP) is 2.02. The third-order valence-corrected chi connectivity index (χ3v) is 4.08. The van der Waals surface area contributed by atoms with E-state index in [0.717, 1.165) is 19.3 Å². The maximum Gasteiger partial charge on any atom is 0.156 e. The molecule has 22 heavy (non-hydrogen) atoms. The zero-order valence-electron chi connectivity index (χ0n) is 14.2. The molecule has 1 fully saturated rings. The van der Waals surface area contributed by atoms with Gasteiger partial charge in [0, 0.05) is 5.92 Å². The summed E-state index contributed by atoms with van der Waals surface area (Å²) in [6.07, 6.45) is 1.62. The second-order valence-electron chi connectivity index (χ2n) is 6.22. The lowest BCUT2D eigenvalue weighted by Gasteiger charge is -2.36. The summed E-state index contributed by atoms with van der Waals surface area (Å²) >= 11 is 0. The van der Waals surface area contributed by atoms with Gasteiger partial charge in [-0.05, 0) is 46.5 Å². The van der Waals surface area contributed by atoms with Gasteiger partial charge in [0.25, 0.3) is 0 Å². The van der Waals surface area contributed by atoms with Crippen molar-refractivity contribution >= 4 is 0 Å². The van der Waals surface area contributed by atoms with Gasteiger partial charge >= 0.3 is 0 Å². The van der Waals surface area contributed by atoms with Crippen molar-refractivity contribution in [2.45, 2.75) is 84.1 Å². The first-order valence-electron chi connectivity index (χ1n) is 8.26. The molecule has 0 amide bonds. The molecule has 6 nitrogen and oxygen atoms in total. The molecule has 1 rings (SSSR count). The molecule has 0 heterocycles. The first-order chi connectivity index (χ1) is 10.4. The molecule has 0 aromatic carbocycles. The van der Waals surface area contributed by atoms with Gasteiger partial charge in [-0.2, -0.15) is 0 Å². The minimum atomic E-state index is -1.41. The van der Waals surface area contributed by atoms with E-state index in [9.17, 15) is 10.2 Å². The van der Waals surface area contributed by atoms with Crippen LogP contribution in [0.4, 0.5) is 0 Å². The van der Waals surface area contributed by atoms with Crippen LogP contribution >= 0.6 is 0 Å². The SMILES string of the molecule is CCC(C)OCOC1CCC(OCOC(C)C)CC1C(O)O. The summed E-state index contributed by atoms with van der Waals surface area (Å²) in [6, 6.07) is 0. The van der Waals surface area contributed by atoms with E-state index in [0.29, 0.717) is 6.42 Å². The fourth-order valence-corrected chi connectivity index (χ4v) is 2.44. The highest BCUT2D eigenvalue weighted by molar-refractivity contribution is 4.82. The number of ether oxygens (including phenoxy) is 4. The van der Waals surface area contributed by atoms with E-state index in [4.69, 9.17) is 18.9 Å². The normalized spacial score (nSPS) is 27.5. The number of aliphatic hydroxyl groups excluding tert-OH is 1. The van der Waals surface area contributed by atoms with Crippen LogP contribution in [0.2, 0.25) is 0 Å². The van der Waals surface area contributed by atoms with Gasteiger partial charge in [-0.3, -0.25) is 0 Å². The average Bonchev–Trinajstić information content (AvgIpc) is 2.47. The molecule has 0 saturated heterocycles. The molecule has 1 aliphatic rings. The Labute approximate surface area is 133 Å². The van der Waals surface area contributed by atoms with E-state index in [-0.39, 0.29) is 43.9 Å². The Morgan fingerprint density at radius 2 is 1.68 bits per heavy atom. The van der Waals surface area contributed by atoms with Crippen LogP contribution in [0, 0.1) is 5.92 Å². The zero-order valence-corrected chi connectivity index (χ0v) is 14.2. The van der Waals surface area contributed by atoms with Gasteiger partial charge in [-0.1, -0.05) is 6.92 Å². The van der Waals surface area contributed by atoms with E-state index in [1.165, 1.54) is 0 Å². The van der Waals surface area contributed by atoms with Gasteiger partial charge in [0.15, 0.2) is 6.29 Å². The van der Waals surface area contributed by atoms with Crippen LogP contribution in [0.15, 0.2) is 0 Å². The second kappa shape index (κ2) is 10.5. The Kier molecular flexibility index (Phi) is 9.47. The molecule has 132 valence electrons. The quantitative estimate of drug-likeness (QED) is 0.600. The Morgan fingerprint density at radius 1 is 1.00 bits per heavy atom. The van der Waals surface area contributed by atoms with E-state index in [1.807, 2.05) is 27.7 Å². The van der Waals surface area contributed by atoms with Crippen LogP contribution < -0.4 is 0 Å². The molecule has 6 heteroatoms. The average molecular weight is 320 g/mol. The molecule has 1 aliphatic carbocycles. The fraction of sp³-hybridized carbons (Fsp3) is 1.00. The standard InChI is InChI=1S/C16H32O6/c1-5-12(4)20-10-22-15-7-6-13(8-14(15)16(17)18)21-9-19-11(2)3/h11-18H,5-10H2,1-4H3. The molecule has 1 saturated carbocycles. The Balaban J connectivity index is 2.36. The fourth-order valence-electron chi connectivity index (χ4n) is 2.44. The molecule has 2 N–H and O–H groups in total. The van der Waals surface area contributed by atoms with Gasteiger partial charge in [0.1, 0.15) is 13.6 Å². The lowest BCUT2D eigenvalue weighted by atomic mass is 9.84. The van der Waals surface area contributed by atoms with E-state index < -0.39 is 6.29 Å². The highest BCUT2D eigenvalue weighted by Gasteiger charge is 2.35. The molecular weight excluding hydrogens is 288 g/mol. The molecule has 0 aliphatic heterocycles. The third-order valence-electron chi connectivity index (χ3n) is 4.08. The first-order valence-corrected chi connectivity index (χ1v) is 8.26. The highest BCUT2D eigenvalue weighted by atomic mass is 16.7. The van der Waals surface area contributed by atoms with Crippen LogP contribution in [0.3, 0.4) is 0 Å². The van der Waals surface area contributed by atoms with Crippen molar-refractivity contribution in [3.05, 3.63) is 0 Å². The van der Waals surface area contributed by atoms with Crippen molar-refractivity contribution in [1.82, 2.24) is 0 Å². The number of aliphatic hydroxyl groups is 2. The van der Waals surface area contributed by atoms with Gasteiger partial charge in [-0.25, -0.2) is 0 Å². The molecule has 0 spiro atoms. The number of hydrogen-bond acceptors (Lipinski definition) is 6. The largest absolute Gasteiger partial charge is 0.368 e. The third kappa shape index (κ3) is 7.35. The molecular formula is C16H32O6. The lowest BCUT2D eigenvalue weighted by Crippen LogP contribution is -2.42. The van der Waals surface area contributed by atoms with Crippen molar-refractivity contribution in [2.24, 2.45) is 5.92 Å². The number of hydrogen-bond donors (Lipinski definition) is 2. The van der Waals surface area contributed by atoms with Gasteiger partial charge < -0.3 is 29.2 Å². The topological polar surface area (TPSA) is 77.4 Å². The second-order valence-corrected chi connectivity index (χ2v) is 6.22. The number of rotatable bonds is 10.